The van der Waals surface area contributed by atoms with Crippen molar-refractivity contribution in [2.75, 3.05) is 18.5 Å². The topological polar surface area (TPSA) is 46.0 Å². The van der Waals surface area contributed by atoms with E-state index in [1.54, 1.807) is 0 Å². The maximum Gasteiger partial charge on any atom is 0.128 e. The van der Waals surface area contributed by atoms with Gasteiger partial charge >= 0.3 is 0 Å². The lowest BCUT2D eigenvalue weighted by Crippen LogP contribution is -2.20. The van der Waals surface area contributed by atoms with Gasteiger partial charge in [-0.2, -0.15) is 5.10 Å². The van der Waals surface area contributed by atoms with Crippen molar-refractivity contribution in [2.24, 2.45) is 7.05 Å². The van der Waals surface area contributed by atoms with E-state index in [1.165, 1.54) is 11.1 Å². The molecular weight excluding hydrogens is 262 g/mol. The molecule has 114 valence electrons. The summed E-state index contributed by atoms with van der Waals surface area (Å²) in [6, 6.07) is 4.57. The second kappa shape index (κ2) is 7.22. The lowest BCUT2D eigenvalue weighted by atomic mass is 10.1. The molecule has 2 aromatic heterocycles. The molecule has 0 saturated carbocycles. The highest BCUT2D eigenvalue weighted by molar-refractivity contribution is 5.39. The Kier molecular flexibility index (Phi) is 5.33. The molecular formula is C16H25N5. The molecule has 0 saturated heterocycles. The number of nitrogens with zero attached hydrogens (tertiary/aromatic N) is 4. The molecule has 1 unspecified atom stereocenters. The van der Waals surface area contributed by atoms with Crippen LogP contribution in [0.5, 0.6) is 0 Å². The molecule has 21 heavy (non-hydrogen) atoms. The predicted octanol–water partition coefficient (Wildman–Crippen LogP) is 2.51. The van der Waals surface area contributed by atoms with Crippen LogP contribution in [0.4, 0.5) is 5.82 Å². The third-order valence-corrected chi connectivity index (χ3v) is 3.54. The van der Waals surface area contributed by atoms with Gasteiger partial charge in [-0.3, -0.25) is 4.68 Å². The smallest absolute Gasteiger partial charge is 0.128 e. The average molecular weight is 287 g/mol. The highest BCUT2D eigenvalue weighted by Gasteiger charge is 2.08. The van der Waals surface area contributed by atoms with Gasteiger partial charge in [0.1, 0.15) is 5.82 Å². The van der Waals surface area contributed by atoms with E-state index in [0.29, 0.717) is 6.04 Å². The number of aryl methyl sites for hydroxylation is 1. The molecule has 0 bridgehead atoms. The molecule has 2 rings (SSSR count). The zero-order valence-electron chi connectivity index (χ0n) is 13.4. The summed E-state index contributed by atoms with van der Waals surface area (Å²) in [5.41, 5.74) is 2.41. The fourth-order valence-corrected chi connectivity index (χ4v) is 2.27. The van der Waals surface area contributed by atoms with Gasteiger partial charge in [-0.25, -0.2) is 4.98 Å². The molecule has 5 nitrogen and oxygen atoms in total. The van der Waals surface area contributed by atoms with E-state index in [-0.39, 0.29) is 0 Å². The Balaban J connectivity index is 1.97. The van der Waals surface area contributed by atoms with Crippen LogP contribution in [0.25, 0.3) is 0 Å². The first-order valence-corrected chi connectivity index (χ1v) is 7.48. The Labute approximate surface area is 127 Å². The lowest BCUT2D eigenvalue weighted by Gasteiger charge is -2.19. The Hall–Kier alpha value is -1.88. The molecule has 0 radical (unpaired) electrons. The van der Waals surface area contributed by atoms with Crippen LogP contribution in [0.2, 0.25) is 0 Å². The molecule has 0 aliphatic rings. The van der Waals surface area contributed by atoms with E-state index in [0.717, 1.165) is 25.3 Å². The molecule has 2 aromatic rings. The van der Waals surface area contributed by atoms with Crippen LogP contribution in [0.15, 0.2) is 30.7 Å². The molecule has 0 amide bonds. The zero-order valence-corrected chi connectivity index (χ0v) is 13.4. The summed E-state index contributed by atoms with van der Waals surface area (Å²) >= 11 is 0. The molecule has 0 aliphatic carbocycles. The first-order chi connectivity index (χ1) is 10.1. The Morgan fingerprint density at radius 2 is 2.14 bits per heavy atom. The minimum absolute atomic E-state index is 0.343. The second-order valence-electron chi connectivity index (χ2n) is 5.50. The summed E-state index contributed by atoms with van der Waals surface area (Å²) in [5.74, 6) is 0.977. The van der Waals surface area contributed by atoms with Crippen LogP contribution in [0.3, 0.4) is 0 Å². The van der Waals surface area contributed by atoms with E-state index in [9.17, 15) is 0 Å². The lowest BCUT2D eigenvalue weighted by molar-refractivity contribution is 0.569. The standard InChI is InChI=1S/C16H25N5/c1-5-8-17-13(2)15-6-7-16(18-10-15)20(3)11-14-9-19-21(4)12-14/h6-7,9-10,12-13,17H,5,8,11H2,1-4H3. The van der Waals surface area contributed by atoms with Gasteiger partial charge in [0.15, 0.2) is 0 Å². The molecule has 1 atom stereocenters. The number of rotatable bonds is 7. The normalized spacial score (nSPS) is 12.4. The third kappa shape index (κ3) is 4.29. The first kappa shape index (κ1) is 15.5. The first-order valence-electron chi connectivity index (χ1n) is 7.48. The van der Waals surface area contributed by atoms with Gasteiger partial charge in [-0.05, 0) is 31.5 Å². The minimum atomic E-state index is 0.343. The molecule has 5 heteroatoms. The molecule has 1 N–H and O–H groups in total. The highest BCUT2D eigenvalue weighted by atomic mass is 15.2. The highest BCUT2D eigenvalue weighted by Crippen LogP contribution is 2.16. The quantitative estimate of drug-likeness (QED) is 0.850. The molecule has 0 fully saturated rings. The van der Waals surface area contributed by atoms with Crippen molar-refractivity contribution in [3.05, 3.63) is 41.9 Å². The van der Waals surface area contributed by atoms with Gasteiger partial charge < -0.3 is 10.2 Å². The molecule has 0 aliphatic heterocycles. The second-order valence-corrected chi connectivity index (χ2v) is 5.50. The Bertz CT molecular complexity index is 546. The number of nitrogens with one attached hydrogen (secondary N) is 1. The molecule has 0 spiro atoms. The van der Waals surface area contributed by atoms with E-state index in [2.05, 4.69) is 46.3 Å². The summed E-state index contributed by atoms with van der Waals surface area (Å²) in [5, 5.41) is 7.67. The van der Waals surface area contributed by atoms with Crippen LogP contribution in [-0.4, -0.2) is 28.4 Å². The largest absolute Gasteiger partial charge is 0.355 e. The van der Waals surface area contributed by atoms with Crippen molar-refractivity contribution in [3.63, 3.8) is 0 Å². The number of hydrogen-bond acceptors (Lipinski definition) is 4. The van der Waals surface area contributed by atoms with Gasteiger partial charge in [0.2, 0.25) is 0 Å². The number of aromatic nitrogens is 3. The SMILES string of the molecule is CCCNC(C)c1ccc(N(C)Cc2cnn(C)c2)nc1. The van der Waals surface area contributed by atoms with Gasteiger partial charge in [-0.1, -0.05) is 13.0 Å². The predicted molar refractivity (Wildman–Crippen MR) is 86.3 cm³/mol. The van der Waals surface area contributed by atoms with Crippen LogP contribution >= 0.6 is 0 Å². The van der Waals surface area contributed by atoms with Gasteiger partial charge in [0.25, 0.3) is 0 Å². The van der Waals surface area contributed by atoms with Gasteiger partial charge in [0, 0.05) is 44.6 Å². The Morgan fingerprint density at radius 1 is 1.33 bits per heavy atom. The summed E-state index contributed by atoms with van der Waals surface area (Å²) in [6.45, 7) is 6.19. The van der Waals surface area contributed by atoms with Crippen molar-refractivity contribution in [1.29, 1.82) is 0 Å². The van der Waals surface area contributed by atoms with Crippen molar-refractivity contribution in [1.82, 2.24) is 20.1 Å². The van der Waals surface area contributed by atoms with Crippen LogP contribution < -0.4 is 10.2 Å². The molecule has 0 aromatic carbocycles. The fraction of sp³-hybridized carbons (Fsp3) is 0.500. The average Bonchev–Trinajstić information content (AvgIpc) is 2.90. The van der Waals surface area contributed by atoms with Crippen LogP contribution in [0, 0.1) is 0 Å². The van der Waals surface area contributed by atoms with E-state index in [1.807, 2.05) is 37.4 Å². The number of hydrogen-bond donors (Lipinski definition) is 1. The van der Waals surface area contributed by atoms with Gasteiger partial charge in [0.05, 0.1) is 6.20 Å². The summed E-state index contributed by atoms with van der Waals surface area (Å²) < 4.78 is 1.82. The minimum Gasteiger partial charge on any atom is -0.355 e. The third-order valence-electron chi connectivity index (χ3n) is 3.54. The fourth-order valence-electron chi connectivity index (χ4n) is 2.27. The van der Waals surface area contributed by atoms with E-state index >= 15 is 0 Å². The van der Waals surface area contributed by atoms with Crippen molar-refractivity contribution in [2.45, 2.75) is 32.9 Å². The summed E-state index contributed by atoms with van der Waals surface area (Å²) in [6.07, 6.45) is 7.02. The van der Waals surface area contributed by atoms with Gasteiger partial charge in [-0.15, -0.1) is 0 Å². The maximum atomic E-state index is 4.57. The van der Waals surface area contributed by atoms with E-state index in [4.69, 9.17) is 0 Å². The van der Waals surface area contributed by atoms with Crippen molar-refractivity contribution < 1.29 is 0 Å². The van der Waals surface area contributed by atoms with E-state index < -0.39 is 0 Å². The summed E-state index contributed by atoms with van der Waals surface area (Å²) in [7, 11) is 3.98. The van der Waals surface area contributed by atoms with Crippen molar-refractivity contribution in [3.8, 4) is 0 Å². The monoisotopic (exact) mass is 287 g/mol. The maximum absolute atomic E-state index is 4.57. The molecule has 2 heterocycles. The van der Waals surface area contributed by atoms with Crippen molar-refractivity contribution >= 4 is 5.82 Å². The van der Waals surface area contributed by atoms with Crippen LogP contribution in [0.1, 0.15) is 37.4 Å². The van der Waals surface area contributed by atoms with Crippen LogP contribution in [-0.2, 0) is 13.6 Å². The number of anilines is 1. The Morgan fingerprint density at radius 3 is 2.71 bits per heavy atom. The zero-order chi connectivity index (χ0) is 15.2. The number of pyridine rings is 1. The summed E-state index contributed by atoms with van der Waals surface area (Å²) in [4.78, 5) is 6.70.